The number of hydrogen-bond donors (Lipinski definition) is 0. The normalized spacial score (nSPS) is 37.4. The van der Waals surface area contributed by atoms with Crippen molar-refractivity contribution in [2.75, 3.05) is 0 Å². The van der Waals surface area contributed by atoms with Crippen molar-refractivity contribution in [3.05, 3.63) is 0 Å². The Labute approximate surface area is 114 Å². The zero-order chi connectivity index (χ0) is 12.0. The van der Waals surface area contributed by atoms with Crippen LogP contribution in [0.1, 0.15) is 89.3 Å². The summed E-state index contributed by atoms with van der Waals surface area (Å²) in [5.74, 6) is 4.08. The molecule has 0 spiro atoms. The van der Waals surface area contributed by atoms with Gasteiger partial charge in [-0.3, -0.25) is 0 Å². The average molecular weight is 245 g/mol. The van der Waals surface area contributed by atoms with Gasteiger partial charge in [-0.05, 0) is 23.7 Å². The van der Waals surface area contributed by atoms with Gasteiger partial charge in [-0.15, -0.1) is 0 Å². The Morgan fingerprint density at radius 3 is 0.706 bits per heavy atom. The molecule has 17 heavy (non-hydrogen) atoms. The van der Waals surface area contributed by atoms with Crippen LogP contribution in [0, 0.1) is 23.7 Å². The van der Waals surface area contributed by atoms with E-state index in [1.165, 1.54) is 51.4 Å². The third-order valence-electron chi connectivity index (χ3n) is 4.61. The van der Waals surface area contributed by atoms with Crippen LogP contribution in [0.15, 0.2) is 0 Å². The Morgan fingerprint density at radius 1 is 0.471 bits per heavy atom. The maximum atomic E-state index is 2.37. The molecule has 0 N–H and O–H groups in total. The SMILES string of the molecule is C.CC1CCC(C)CC1.CC1CCC(C)CC1.[HH].[HH]. The van der Waals surface area contributed by atoms with Gasteiger partial charge < -0.3 is 0 Å². The fourth-order valence-corrected chi connectivity index (χ4v) is 2.85. The zero-order valence-corrected chi connectivity index (χ0v) is 12.0. The van der Waals surface area contributed by atoms with Gasteiger partial charge in [-0.1, -0.05) is 86.5 Å². The van der Waals surface area contributed by atoms with Crippen molar-refractivity contribution in [3.8, 4) is 0 Å². The summed E-state index contributed by atoms with van der Waals surface area (Å²) in [6, 6.07) is 0. The highest BCUT2D eigenvalue weighted by molar-refractivity contribution is 4.66. The second-order valence-corrected chi connectivity index (χ2v) is 6.73. The summed E-state index contributed by atoms with van der Waals surface area (Å²) >= 11 is 0. The van der Waals surface area contributed by atoms with Crippen LogP contribution in [0.4, 0.5) is 0 Å². The molecule has 2 aliphatic carbocycles. The van der Waals surface area contributed by atoms with Gasteiger partial charge in [0.25, 0.3) is 0 Å². The largest absolute Gasteiger partial charge is 0.0776 e. The summed E-state index contributed by atoms with van der Waals surface area (Å²) in [6.07, 6.45) is 11.8. The molecule has 2 fully saturated rings. The molecule has 2 saturated carbocycles. The molecule has 0 amide bonds. The van der Waals surface area contributed by atoms with Crippen molar-refractivity contribution >= 4 is 0 Å². The molecule has 2 aliphatic rings. The Hall–Kier alpha value is 0. The molecule has 0 radical (unpaired) electrons. The minimum absolute atomic E-state index is 0. The van der Waals surface area contributed by atoms with E-state index in [1.54, 1.807) is 0 Å². The van der Waals surface area contributed by atoms with Gasteiger partial charge in [-0.2, -0.15) is 0 Å². The number of rotatable bonds is 0. The fourth-order valence-electron chi connectivity index (χ4n) is 2.85. The minimum Gasteiger partial charge on any atom is -0.0776 e. The smallest absolute Gasteiger partial charge is 0 e. The predicted molar refractivity (Wildman–Crippen MR) is 84.6 cm³/mol. The standard InChI is InChI=1S/2C8H16.CH4.2H2/c2*1-7-3-5-8(2)6-4-7;;;/h2*7-8H,3-6H2,1-2H3;1H4;2*1H. The van der Waals surface area contributed by atoms with Gasteiger partial charge in [0.1, 0.15) is 0 Å². The maximum Gasteiger partial charge on any atom is 0 e. The fraction of sp³-hybridized carbons (Fsp3) is 1.00. The van der Waals surface area contributed by atoms with Gasteiger partial charge in [-0.25, -0.2) is 0 Å². The summed E-state index contributed by atoms with van der Waals surface area (Å²) in [5, 5.41) is 0. The topological polar surface area (TPSA) is 0 Å². The molecule has 0 bridgehead atoms. The first-order valence-corrected chi connectivity index (χ1v) is 7.58. The lowest BCUT2D eigenvalue weighted by atomic mass is 9.84. The van der Waals surface area contributed by atoms with Crippen molar-refractivity contribution in [1.82, 2.24) is 0 Å². The van der Waals surface area contributed by atoms with E-state index in [9.17, 15) is 0 Å². The zero-order valence-electron chi connectivity index (χ0n) is 12.0. The van der Waals surface area contributed by atoms with Crippen molar-refractivity contribution in [3.63, 3.8) is 0 Å². The van der Waals surface area contributed by atoms with E-state index in [0.717, 1.165) is 23.7 Å². The van der Waals surface area contributed by atoms with Crippen molar-refractivity contribution in [1.29, 1.82) is 0 Å². The Bertz CT molecular complexity index is 126. The van der Waals surface area contributed by atoms with Gasteiger partial charge in [0.05, 0.1) is 0 Å². The third kappa shape index (κ3) is 7.84. The van der Waals surface area contributed by atoms with E-state index < -0.39 is 0 Å². The molecule has 0 heterocycles. The van der Waals surface area contributed by atoms with Gasteiger partial charge in [0.15, 0.2) is 0 Å². The molecule has 0 aromatic rings. The molecule has 0 aromatic carbocycles. The van der Waals surface area contributed by atoms with E-state index in [1.807, 2.05) is 0 Å². The van der Waals surface area contributed by atoms with Crippen molar-refractivity contribution < 1.29 is 2.85 Å². The first kappa shape index (κ1) is 17.0. The van der Waals surface area contributed by atoms with Crippen LogP contribution < -0.4 is 0 Å². The van der Waals surface area contributed by atoms with Crippen molar-refractivity contribution in [2.45, 2.75) is 86.5 Å². The molecule has 0 heteroatoms. The summed E-state index contributed by atoms with van der Waals surface area (Å²) in [7, 11) is 0. The minimum atomic E-state index is 0. The lowest BCUT2D eigenvalue weighted by molar-refractivity contribution is 0.308. The molecular weight excluding hydrogens is 204 g/mol. The molecule has 0 atom stereocenters. The first-order valence-electron chi connectivity index (χ1n) is 7.58. The van der Waals surface area contributed by atoms with E-state index >= 15 is 0 Å². The summed E-state index contributed by atoms with van der Waals surface area (Å²) in [6.45, 7) is 9.47. The highest BCUT2D eigenvalue weighted by Gasteiger charge is 2.13. The quantitative estimate of drug-likeness (QED) is 0.440. The molecule has 0 unspecified atom stereocenters. The summed E-state index contributed by atoms with van der Waals surface area (Å²) < 4.78 is 0. The molecule has 0 aromatic heterocycles. The van der Waals surface area contributed by atoms with Crippen LogP contribution in [-0.4, -0.2) is 0 Å². The third-order valence-corrected chi connectivity index (χ3v) is 4.61. The highest BCUT2D eigenvalue weighted by Crippen LogP contribution is 2.27. The van der Waals surface area contributed by atoms with E-state index in [-0.39, 0.29) is 10.3 Å². The Balaban J connectivity index is -0.000000233. The molecule has 0 aliphatic heterocycles. The monoisotopic (exact) mass is 244 g/mol. The molecule has 0 nitrogen and oxygen atoms in total. The summed E-state index contributed by atoms with van der Waals surface area (Å²) in [5.41, 5.74) is 0. The number of hydrogen-bond acceptors (Lipinski definition) is 0. The second-order valence-electron chi connectivity index (χ2n) is 6.73. The van der Waals surface area contributed by atoms with Gasteiger partial charge in [0, 0.05) is 2.85 Å². The average Bonchev–Trinajstić information content (AvgIpc) is 2.28. The molecule has 108 valence electrons. The van der Waals surface area contributed by atoms with E-state index in [2.05, 4.69) is 27.7 Å². The maximum absolute atomic E-state index is 2.37. The van der Waals surface area contributed by atoms with Gasteiger partial charge >= 0.3 is 0 Å². The Kier molecular flexibility index (Phi) is 9.00. The van der Waals surface area contributed by atoms with Crippen LogP contribution in [0.5, 0.6) is 0 Å². The van der Waals surface area contributed by atoms with Crippen LogP contribution in [-0.2, 0) is 0 Å². The first-order chi connectivity index (χ1) is 7.58. The van der Waals surface area contributed by atoms with E-state index in [0.29, 0.717) is 0 Å². The van der Waals surface area contributed by atoms with Crippen LogP contribution in [0.2, 0.25) is 0 Å². The molecule has 0 saturated heterocycles. The van der Waals surface area contributed by atoms with Gasteiger partial charge in [0.2, 0.25) is 0 Å². The molecule has 2 rings (SSSR count). The highest BCUT2D eigenvalue weighted by atomic mass is 14.2. The lowest BCUT2D eigenvalue weighted by Crippen LogP contribution is -2.08. The van der Waals surface area contributed by atoms with Crippen LogP contribution in [0.3, 0.4) is 0 Å². The second kappa shape index (κ2) is 9.00. The molecular formula is C17H40. The van der Waals surface area contributed by atoms with Crippen LogP contribution in [0.25, 0.3) is 0 Å². The lowest BCUT2D eigenvalue weighted by Gasteiger charge is -2.22. The van der Waals surface area contributed by atoms with Crippen molar-refractivity contribution in [2.24, 2.45) is 23.7 Å². The Morgan fingerprint density at radius 2 is 0.588 bits per heavy atom. The summed E-state index contributed by atoms with van der Waals surface area (Å²) in [4.78, 5) is 0. The predicted octanol–water partition coefficient (Wildman–Crippen LogP) is 6.79. The van der Waals surface area contributed by atoms with Crippen LogP contribution >= 0.6 is 0 Å². The van der Waals surface area contributed by atoms with E-state index in [4.69, 9.17) is 0 Å².